The third kappa shape index (κ3) is 3.86. The van der Waals surface area contributed by atoms with Crippen molar-refractivity contribution in [1.82, 2.24) is 10.3 Å². The van der Waals surface area contributed by atoms with Crippen LogP contribution in [0.1, 0.15) is 26.7 Å². The number of carbonyl (C=O) groups excluding carboxylic acids is 1. The first-order valence-electron chi connectivity index (χ1n) is 5.61. The number of rotatable bonds is 3. The third-order valence-corrected chi connectivity index (χ3v) is 2.14. The minimum absolute atomic E-state index is 0.872. The molecule has 0 aromatic carbocycles. The molecule has 9 heteroatoms. The first kappa shape index (κ1) is 16.3. The number of ether oxygens (including phenoxy) is 1. The average molecular weight is 296 g/mol. The Balaban J connectivity index is 2.81. The van der Waals surface area contributed by atoms with Crippen molar-refractivity contribution in [3.8, 4) is 0 Å². The summed E-state index contributed by atoms with van der Waals surface area (Å²) in [6.45, 7) is 3.48. The highest BCUT2D eigenvalue weighted by atomic mass is 19.4. The highest BCUT2D eigenvalue weighted by Crippen LogP contribution is 2.37. The molecular formula is C11H15F3N2O4. The Morgan fingerprint density at radius 3 is 2.45 bits per heavy atom. The largest absolute Gasteiger partial charge is 0.446 e. The summed E-state index contributed by atoms with van der Waals surface area (Å²) >= 11 is 0. The normalized spacial score (nSPS) is 15.6. The molecule has 1 unspecified atom stereocenters. The Hall–Kier alpha value is -1.77. The van der Waals surface area contributed by atoms with Crippen molar-refractivity contribution in [2.75, 3.05) is 6.54 Å². The number of carbonyl (C=O) groups is 1. The SMILES string of the molecule is CC(C)(C)OC(=O)NCC(O)(c1ncco1)C(F)(F)F. The number of amides is 1. The summed E-state index contributed by atoms with van der Waals surface area (Å²) in [6.07, 6.45) is -4.32. The van der Waals surface area contributed by atoms with Gasteiger partial charge >= 0.3 is 12.3 Å². The molecule has 1 atom stereocenters. The predicted octanol–water partition coefficient (Wildman–Crippen LogP) is 1.95. The summed E-state index contributed by atoms with van der Waals surface area (Å²) in [5.41, 5.74) is -4.29. The van der Waals surface area contributed by atoms with Crippen molar-refractivity contribution < 1.29 is 32.2 Å². The zero-order chi connectivity index (χ0) is 15.6. The van der Waals surface area contributed by atoms with Crippen LogP contribution in [0.15, 0.2) is 16.9 Å². The van der Waals surface area contributed by atoms with E-state index >= 15 is 0 Å². The summed E-state index contributed by atoms with van der Waals surface area (Å²) in [4.78, 5) is 14.6. The molecule has 1 heterocycles. The second kappa shape index (κ2) is 5.31. The van der Waals surface area contributed by atoms with Crippen LogP contribution >= 0.6 is 0 Å². The Kier molecular flexibility index (Phi) is 4.33. The number of alkyl halides is 3. The molecule has 0 saturated carbocycles. The molecule has 0 aliphatic rings. The van der Waals surface area contributed by atoms with Crippen LogP contribution in [0, 0.1) is 0 Å². The molecule has 114 valence electrons. The summed E-state index contributed by atoms with van der Waals surface area (Å²) in [5, 5.41) is 11.5. The number of aliphatic hydroxyl groups is 1. The van der Waals surface area contributed by atoms with Gasteiger partial charge in [-0.15, -0.1) is 0 Å². The Morgan fingerprint density at radius 1 is 1.45 bits per heavy atom. The first-order valence-corrected chi connectivity index (χ1v) is 5.61. The van der Waals surface area contributed by atoms with Gasteiger partial charge in [-0.25, -0.2) is 9.78 Å². The van der Waals surface area contributed by atoms with Crippen molar-refractivity contribution in [3.63, 3.8) is 0 Å². The van der Waals surface area contributed by atoms with E-state index in [1.807, 2.05) is 5.32 Å². The van der Waals surface area contributed by atoms with Gasteiger partial charge in [0.05, 0.1) is 12.7 Å². The summed E-state index contributed by atoms with van der Waals surface area (Å²) in [5.74, 6) is -0.957. The van der Waals surface area contributed by atoms with Crippen LogP contribution in [0.2, 0.25) is 0 Å². The van der Waals surface area contributed by atoms with E-state index < -0.39 is 35.9 Å². The van der Waals surface area contributed by atoms with E-state index in [1.165, 1.54) is 0 Å². The highest BCUT2D eigenvalue weighted by Gasteiger charge is 2.58. The van der Waals surface area contributed by atoms with E-state index in [0.717, 1.165) is 12.5 Å². The summed E-state index contributed by atoms with van der Waals surface area (Å²) < 4.78 is 48.0. The molecular weight excluding hydrogens is 281 g/mol. The number of nitrogens with zero attached hydrogens (tertiary/aromatic N) is 1. The molecule has 1 aromatic heterocycles. The molecule has 20 heavy (non-hydrogen) atoms. The van der Waals surface area contributed by atoms with Gasteiger partial charge in [-0.1, -0.05) is 0 Å². The lowest BCUT2D eigenvalue weighted by Gasteiger charge is -2.28. The summed E-state index contributed by atoms with van der Waals surface area (Å²) in [7, 11) is 0. The lowest BCUT2D eigenvalue weighted by molar-refractivity contribution is -0.271. The molecule has 0 fully saturated rings. The number of alkyl carbamates (subject to hydrolysis) is 1. The molecule has 2 N–H and O–H groups in total. The third-order valence-electron chi connectivity index (χ3n) is 2.14. The number of oxazole rings is 1. The molecule has 6 nitrogen and oxygen atoms in total. The van der Waals surface area contributed by atoms with Crippen LogP contribution in [0.3, 0.4) is 0 Å². The van der Waals surface area contributed by atoms with Crippen molar-refractivity contribution >= 4 is 6.09 Å². The van der Waals surface area contributed by atoms with E-state index in [9.17, 15) is 23.1 Å². The standard InChI is InChI=1S/C11H15F3N2O4/c1-9(2,3)20-8(17)16-6-10(18,11(12,13)14)7-15-4-5-19-7/h4-5,18H,6H2,1-3H3,(H,16,17). The minimum atomic E-state index is -5.08. The molecule has 0 spiro atoms. The van der Waals surface area contributed by atoms with Crippen molar-refractivity contribution in [2.24, 2.45) is 0 Å². The van der Waals surface area contributed by atoms with Crippen molar-refractivity contribution in [1.29, 1.82) is 0 Å². The number of nitrogens with one attached hydrogen (secondary N) is 1. The van der Waals surface area contributed by atoms with Crippen LogP contribution < -0.4 is 5.32 Å². The molecule has 1 aromatic rings. The number of aromatic nitrogens is 1. The van der Waals surface area contributed by atoms with Gasteiger partial charge in [0.1, 0.15) is 11.9 Å². The zero-order valence-corrected chi connectivity index (χ0v) is 11.1. The van der Waals surface area contributed by atoms with Gasteiger partial charge in [0.2, 0.25) is 5.89 Å². The van der Waals surface area contributed by atoms with Crippen LogP contribution in [0.25, 0.3) is 0 Å². The van der Waals surface area contributed by atoms with E-state index in [1.54, 1.807) is 20.8 Å². The van der Waals surface area contributed by atoms with Gasteiger partial charge < -0.3 is 19.6 Å². The topological polar surface area (TPSA) is 84.6 Å². The number of hydrogen-bond donors (Lipinski definition) is 2. The van der Waals surface area contributed by atoms with Crippen LogP contribution in [-0.2, 0) is 10.3 Å². The van der Waals surface area contributed by atoms with E-state index in [-0.39, 0.29) is 0 Å². The van der Waals surface area contributed by atoms with Crippen LogP contribution in [-0.4, -0.2) is 34.5 Å². The molecule has 0 radical (unpaired) electrons. The fourth-order valence-corrected chi connectivity index (χ4v) is 1.24. The zero-order valence-electron chi connectivity index (χ0n) is 11.1. The first-order chi connectivity index (χ1) is 8.96. The van der Waals surface area contributed by atoms with Gasteiger partial charge in [-0.05, 0) is 20.8 Å². The molecule has 0 bridgehead atoms. The average Bonchev–Trinajstić information content (AvgIpc) is 2.75. The van der Waals surface area contributed by atoms with Gasteiger partial charge in [0, 0.05) is 0 Å². The monoisotopic (exact) mass is 296 g/mol. The van der Waals surface area contributed by atoms with Crippen molar-refractivity contribution in [3.05, 3.63) is 18.4 Å². The van der Waals surface area contributed by atoms with Crippen molar-refractivity contribution in [2.45, 2.75) is 38.1 Å². The highest BCUT2D eigenvalue weighted by molar-refractivity contribution is 5.67. The predicted molar refractivity (Wildman–Crippen MR) is 60.7 cm³/mol. The lowest BCUT2D eigenvalue weighted by Crippen LogP contribution is -2.51. The van der Waals surface area contributed by atoms with Gasteiger partial charge in [-0.3, -0.25) is 0 Å². The fourth-order valence-electron chi connectivity index (χ4n) is 1.24. The Bertz CT molecular complexity index is 453. The quantitative estimate of drug-likeness (QED) is 0.890. The fraction of sp³-hybridized carbons (Fsp3) is 0.636. The Labute approximate surface area is 112 Å². The van der Waals surface area contributed by atoms with Gasteiger partial charge in [0.25, 0.3) is 5.60 Å². The summed E-state index contributed by atoms with van der Waals surface area (Å²) in [6, 6.07) is 0. The molecule has 0 saturated heterocycles. The van der Waals surface area contributed by atoms with Gasteiger partial charge in [-0.2, -0.15) is 13.2 Å². The number of halogens is 3. The lowest BCUT2D eigenvalue weighted by atomic mass is 10.0. The smallest absolute Gasteiger partial charge is 0.428 e. The molecule has 0 aliphatic heterocycles. The maximum atomic E-state index is 12.9. The second-order valence-electron chi connectivity index (χ2n) is 5.05. The molecule has 1 amide bonds. The Morgan fingerprint density at radius 2 is 2.05 bits per heavy atom. The van der Waals surface area contributed by atoms with Gasteiger partial charge in [0.15, 0.2) is 0 Å². The molecule has 1 rings (SSSR count). The van der Waals surface area contributed by atoms with Crippen LogP contribution in [0.4, 0.5) is 18.0 Å². The van der Waals surface area contributed by atoms with Crippen LogP contribution in [0.5, 0.6) is 0 Å². The maximum Gasteiger partial charge on any atom is 0.428 e. The molecule has 0 aliphatic carbocycles. The van der Waals surface area contributed by atoms with E-state index in [2.05, 4.69) is 9.40 Å². The minimum Gasteiger partial charge on any atom is -0.446 e. The van der Waals surface area contributed by atoms with E-state index in [4.69, 9.17) is 4.74 Å². The number of hydrogen-bond acceptors (Lipinski definition) is 5. The maximum absolute atomic E-state index is 12.9. The second-order valence-corrected chi connectivity index (χ2v) is 5.05. The van der Waals surface area contributed by atoms with E-state index in [0.29, 0.717) is 0 Å².